The zero-order valence-electron chi connectivity index (χ0n) is 15.0. The highest BCUT2D eigenvalue weighted by molar-refractivity contribution is 6.13. The molecule has 0 aliphatic carbocycles. The summed E-state index contributed by atoms with van der Waals surface area (Å²) in [6, 6.07) is 15.1. The molecule has 0 fully saturated rings. The van der Waals surface area contributed by atoms with E-state index in [0.717, 1.165) is 0 Å². The molecule has 5 nitrogen and oxygen atoms in total. The molecule has 0 amide bonds. The Labute approximate surface area is 160 Å². The van der Waals surface area contributed by atoms with Crippen molar-refractivity contribution in [2.75, 3.05) is 0 Å². The molecule has 0 bridgehead atoms. The van der Waals surface area contributed by atoms with Crippen LogP contribution in [0, 0.1) is 6.92 Å². The first-order chi connectivity index (χ1) is 13.5. The number of allylic oxidation sites excluding steroid dienone is 1. The van der Waals surface area contributed by atoms with Crippen molar-refractivity contribution in [3.8, 4) is 5.75 Å². The van der Waals surface area contributed by atoms with Crippen LogP contribution in [-0.4, -0.2) is 16.7 Å². The molecule has 0 radical (unpaired) electrons. The zero-order chi connectivity index (χ0) is 19.7. The van der Waals surface area contributed by atoms with Gasteiger partial charge < -0.3 is 13.9 Å². The molecule has 0 aliphatic rings. The van der Waals surface area contributed by atoms with E-state index in [2.05, 4.69) is 0 Å². The maximum Gasteiger partial charge on any atom is 0.228 e. The fourth-order valence-corrected chi connectivity index (χ4v) is 3.02. The van der Waals surface area contributed by atoms with Crippen LogP contribution in [0.25, 0.3) is 17.0 Å². The van der Waals surface area contributed by atoms with E-state index in [1.165, 1.54) is 24.5 Å². The van der Waals surface area contributed by atoms with E-state index in [4.69, 9.17) is 8.83 Å². The van der Waals surface area contributed by atoms with E-state index in [1.54, 1.807) is 49.4 Å². The van der Waals surface area contributed by atoms with Crippen LogP contribution < -0.4 is 0 Å². The van der Waals surface area contributed by atoms with Crippen molar-refractivity contribution >= 4 is 28.6 Å². The first-order valence-corrected chi connectivity index (χ1v) is 8.66. The molecular weight excluding hydrogens is 356 g/mol. The average molecular weight is 372 g/mol. The lowest BCUT2D eigenvalue weighted by atomic mass is 10.0. The van der Waals surface area contributed by atoms with Crippen LogP contribution in [0.4, 0.5) is 0 Å². The number of phenolic OH excluding ortho intramolecular Hbond substituents is 1. The van der Waals surface area contributed by atoms with E-state index < -0.39 is 0 Å². The third-order valence-corrected chi connectivity index (χ3v) is 4.50. The topological polar surface area (TPSA) is 80.6 Å². The van der Waals surface area contributed by atoms with Gasteiger partial charge in [-0.2, -0.15) is 0 Å². The van der Waals surface area contributed by atoms with Gasteiger partial charge in [-0.15, -0.1) is 0 Å². The number of rotatable bonds is 5. The van der Waals surface area contributed by atoms with E-state index in [9.17, 15) is 14.7 Å². The quantitative estimate of drug-likeness (QED) is 0.386. The van der Waals surface area contributed by atoms with Crippen LogP contribution in [0.15, 0.2) is 75.8 Å². The van der Waals surface area contributed by atoms with Gasteiger partial charge in [-0.25, -0.2) is 0 Å². The summed E-state index contributed by atoms with van der Waals surface area (Å²) in [4.78, 5) is 25.2. The lowest BCUT2D eigenvalue weighted by Crippen LogP contribution is -2.00. The number of hydrogen-bond acceptors (Lipinski definition) is 5. The smallest absolute Gasteiger partial charge is 0.228 e. The third-order valence-electron chi connectivity index (χ3n) is 4.50. The van der Waals surface area contributed by atoms with Crippen molar-refractivity contribution < 1.29 is 23.5 Å². The van der Waals surface area contributed by atoms with Crippen molar-refractivity contribution in [1.29, 1.82) is 0 Å². The fraction of sp³-hybridized carbons (Fsp3) is 0.0435. The predicted molar refractivity (Wildman–Crippen MR) is 105 cm³/mol. The van der Waals surface area contributed by atoms with Gasteiger partial charge in [-0.1, -0.05) is 30.3 Å². The van der Waals surface area contributed by atoms with Gasteiger partial charge in [0.25, 0.3) is 0 Å². The number of aromatic hydroxyl groups is 1. The van der Waals surface area contributed by atoms with Crippen LogP contribution >= 0.6 is 0 Å². The molecule has 2 aromatic heterocycles. The van der Waals surface area contributed by atoms with Crippen LogP contribution in [0.3, 0.4) is 0 Å². The molecule has 0 aliphatic heterocycles. The Bertz CT molecular complexity index is 1200. The lowest BCUT2D eigenvalue weighted by molar-refractivity contribution is 0.101. The van der Waals surface area contributed by atoms with Crippen LogP contribution in [-0.2, 0) is 0 Å². The number of carbonyl (C=O) groups is 2. The molecule has 0 atom stereocenters. The monoisotopic (exact) mass is 372 g/mol. The molecule has 2 aromatic carbocycles. The summed E-state index contributed by atoms with van der Waals surface area (Å²) >= 11 is 0. The number of ketones is 2. The molecular formula is C23H16O5. The summed E-state index contributed by atoms with van der Waals surface area (Å²) in [6.07, 6.45) is 4.36. The van der Waals surface area contributed by atoms with E-state index in [-0.39, 0.29) is 28.6 Å². The summed E-state index contributed by atoms with van der Waals surface area (Å²) in [6.45, 7) is 1.76. The summed E-state index contributed by atoms with van der Waals surface area (Å²) in [5.41, 5.74) is 1.60. The second-order valence-electron chi connectivity index (χ2n) is 6.33. The standard InChI is InChI=1S/C23H16O5/c1-14-17-12-18(19(24)10-9-16-8-5-11-27-16)20(25)13-21(17)28-23(14)22(26)15-6-3-2-4-7-15/h2-13,25H,1H3/b10-9+. The Hall–Kier alpha value is -3.86. The summed E-state index contributed by atoms with van der Waals surface area (Å²) in [5.74, 6) is -0.124. The second-order valence-corrected chi connectivity index (χ2v) is 6.33. The minimum absolute atomic E-state index is 0.123. The predicted octanol–water partition coefficient (Wildman–Crippen LogP) is 5.17. The molecule has 5 heteroatoms. The zero-order valence-corrected chi connectivity index (χ0v) is 15.0. The fourth-order valence-electron chi connectivity index (χ4n) is 3.02. The summed E-state index contributed by atoms with van der Waals surface area (Å²) in [7, 11) is 0. The van der Waals surface area contributed by atoms with Gasteiger partial charge in [0.2, 0.25) is 5.78 Å². The van der Waals surface area contributed by atoms with Gasteiger partial charge in [0, 0.05) is 22.6 Å². The summed E-state index contributed by atoms with van der Waals surface area (Å²) in [5, 5.41) is 10.9. The molecule has 28 heavy (non-hydrogen) atoms. The maximum absolute atomic E-state index is 12.7. The number of furan rings is 2. The number of carbonyl (C=O) groups excluding carboxylic acids is 2. The first-order valence-electron chi connectivity index (χ1n) is 8.66. The number of hydrogen-bond donors (Lipinski definition) is 1. The van der Waals surface area contributed by atoms with Gasteiger partial charge in [0.05, 0.1) is 11.8 Å². The number of benzene rings is 2. The molecule has 0 unspecified atom stereocenters. The van der Waals surface area contributed by atoms with Crippen molar-refractivity contribution in [2.45, 2.75) is 6.92 Å². The van der Waals surface area contributed by atoms with Gasteiger partial charge in [0.1, 0.15) is 17.1 Å². The molecule has 138 valence electrons. The Kier molecular flexibility index (Phi) is 4.41. The first kappa shape index (κ1) is 17.5. The molecule has 0 spiro atoms. The molecule has 1 N–H and O–H groups in total. The molecule has 4 rings (SSSR count). The lowest BCUT2D eigenvalue weighted by Gasteiger charge is -2.01. The van der Waals surface area contributed by atoms with Crippen molar-refractivity contribution in [3.63, 3.8) is 0 Å². The largest absolute Gasteiger partial charge is 0.507 e. The van der Waals surface area contributed by atoms with Gasteiger partial charge >= 0.3 is 0 Å². The molecule has 2 heterocycles. The van der Waals surface area contributed by atoms with Gasteiger partial charge in [-0.3, -0.25) is 9.59 Å². The highest BCUT2D eigenvalue weighted by atomic mass is 16.3. The Morgan fingerprint density at radius 2 is 1.82 bits per heavy atom. The highest BCUT2D eigenvalue weighted by Crippen LogP contribution is 2.32. The maximum atomic E-state index is 12.7. The minimum atomic E-state index is -0.382. The number of fused-ring (bicyclic) bond motifs is 1. The Morgan fingerprint density at radius 3 is 2.54 bits per heavy atom. The van der Waals surface area contributed by atoms with Crippen LogP contribution in [0.5, 0.6) is 5.75 Å². The third kappa shape index (κ3) is 3.14. The Balaban J connectivity index is 1.73. The van der Waals surface area contributed by atoms with Crippen LogP contribution in [0.1, 0.15) is 37.8 Å². The van der Waals surface area contributed by atoms with E-state index >= 15 is 0 Å². The average Bonchev–Trinajstić information content (AvgIpc) is 3.34. The van der Waals surface area contributed by atoms with Crippen molar-refractivity contribution in [2.24, 2.45) is 0 Å². The second kappa shape index (κ2) is 7.04. The van der Waals surface area contributed by atoms with E-state index in [0.29, 0.717) is 27.9 Å². The van der Waals surface area contributed by atoms with Gasteiger partial charge in [0.15, 0.2) is 11.5 Å². The molecule has 4 aromatic rings. The van der Waals surface area contributed by atoms with Gasteiger partial charge in [-0.05, 0) is 37.3 Å². The Morgan fingerprint density at radius 1 is 1.04 bits per heavy atom. The number of phenols is 1. The summed E-state index contributed by atoms with van der Waals surface area (Å²) < 4.78 is 10.9. The van der Waals surface area contributed by atoms with Crippen LogP contribution in [0.2, 0.25) is 0 Å². The molecule has 0 saturated carbocycles. The SMILES string of the molecule is Cc1c(C(=O)c2ccccc2)oc2cc(O)c(C(=O)/C=C/c3ccco3)cc12. The normalized spacial score (nSPS) is 11.3. The highest BCUT2D eigenvalue weighted by Gasteiger charge is 2.21. The number of aryl methyl sites for hydroxylation is 1. The minimum Gasteiger partial charge on any atom is -0.507 e. The van der Waals surface area contributed by atoms with Crippen molar-refractivity contribution in [1.82, 2.24) is 0 Å². The van der Waals surface area contributed by atoms with Crippen molar-refractivity contribution in [3.05, 3.63) is 95.1 Å². The van der Waals surface area contributed by atoms with E-state index in [1.807, 2.05) is 6.07 Å². The molecule has 0 saturated heterocycles.